The number of amides is 1. The number of nitrogens with one attached hydrogen (secondary N) is 1. The van der Waals surface area contributed by atoms with Gasteiger partial charge in [-0.25, -0.2) is 4.79 Å². The maximum Gasteiger partial charge on any atom is 0.407 e. The van der Waals surface area contributed by atoms with Crippen LogP contribution in [0.25, 0.3) is 0 Å². The van der Waals surface area contributed by atoms with Gasteiger partial charge < -0.3 is 40.0 Å². The summed E-state index contributed by atoms with van der Waals surface area (Å²) in [7, 11) is 0. The molecule has 0 aromatic rings. The second-order valence-corrected chi connectivity index (χ2v) is 16.4. The van der Waals surface area contributed by atoms with Gasteiger partial charge in [0.25, 0.3) is 0 Å². The molecule has 0 aromatic heterocycles. The topological polar surface area (TPSA) is 138 Å². The van der Waals surface area contributed by atoms with Crippen LogP contribution in [0.4, 0.5) is 4.79 Å². The SMILES string of the molecule is CC(C)CCC[C@@H](C)[C@H]1CC[C@H]2[C@@H]3CC=C4C[C@@H](OC(=O)NCCCO[C@@H]5O[C@H](CO)[C@@H](O)[C@H](O)[C@@H]5O)CC[C@]4(C)[C@H]3CC[C@]12C. The van der Waals surface area contributed by atoms with Crippen LogP contribution >= 0.6 is 0 Å². The molecule has 264 valence electrons. The smallest absolute Gasteiger partial charge is 0.407 e. The van der Waals surface area contributed by atoms with E-state index in [1.54, 1.807) is 0 Å². The Hall–Kier alpha value is -1.23. The van der Waals surface area contributed by atoms with Crippen LogP contribution in [0.2, 0.25) is 0 Å². The fourth-order valence-electron chi connectivity index (χ4n) is 10.6. The van der Waals surface area contributed by atoms with Crippen LogP contribution in [0.3, 0.4) is 0 Å². The van der Waals surface area contributed by atoms with Crippen LogP contribution in [0.15, 0.2) is 11.6 Å². The van der Waals surface area contributed by atoms with Crippen molar-refractivity contribution in [2.75, 3.05) is 19.8 Å². The summed E-state index contributed by atoms with van der Waals surface area (Å²) in [5.74, 6) is 4.84. The van der Waals surface area contributed by atoms with Crippen molar-refractivity contribution in [2.45, 2.75) is 148 Å². The molecule has 1 amide bonds. The summed E-state index contributed by atoms with van der Waals surface area (Å²) in [6.07, 6.45) is 9.51. The van der Waals surface area contributed by atoms with Crippen molar-refractivity contribution >= 4 is 6.09 Å². The number of carbonyl (C=O) groups excluding carboxylic acids is 1. The molecule has 0 radical (unpaired) electrons. The molecule has 0 unspecified atom stereocenters. The molecule has 0 bridgehead atoms. The minimum absolute atomic E-state index is 0.113. The Morgan fingerprint density at radius 3 is 2.52 bits per heavy atom. The largest absolute Gasteiger partial charge is 0.446 e. The second kappa shape index (κ2) is 15.1. The Bertz CT molecular complexity index is 1050. The third-order valence-corrected chi connectivity index (χ3v) is 13.3. The highest BCUT2D eigenvalue weighted by atomic mass is 16.7. The fraction of sp³-hybridized carbons (Fsp3) is 0.919. The molecule has 0 spiro atoms. The monoisotopic (exact) mass is 649 g/mol. The molecule has 1 aliphatic heterocycles. The number of allylic oxidation sites excluding steroid dienone is 1. The van der Waals surface area contributed by atoms with Gasteiger partial charge in [-0.1, -0.05) is 65.5 Å². The molecule has 9 nitrogen and oxygen atoms in total. The quantitative estimate of drug-likeness (QED) is 0.141. The van der Waals surface area contributed by atoms with Gasteiger partial charge in [0, 0.05) is 13.0 Å². The van der Waals surface area contributed by atoms with E-state index in [0.29, 0.717) is 18.4 Å². The number of aliphatic hydroxyl groups excluding tert-OH is 4. The van der Waals surface area contributed by atoms with Gasteiger partial charge in [0.1, 0.15) is 30.5 Å². The first-order valence-electron chi connectivity index (χ1n) is 18.4. The molecule has 9 heteroatoms. The molecular formula is C37H63NO8. The maximum absolute atomic E-state index is 12.7. The van der Waals surface area contributed by atoms with Crippen LogP contribution in [0.1, 0.15) is 112 Å². The van der Waals surface area contributed by atoms with Crippen molar-refractivity contribution in [3.05, 3.63) is 11.6 Å². The summed E-state index contributed by atoms with van der Waals surface area (Å²) in [6, 6.07) is 0. The van der Waals surface area contributed by atoms with Gasteiger partial charge >= 0.3 is 6.09 Å². The van der Waals surface area contributed by atoms with Gasteiger partial charge in [-0.3, -0.25) is 0 Å². The van der Waals surface area contributed by atoms with Crippen molar-refractivity contribution in [1.82, 2.24) is 5.32 Å². The lowest BCUT2D eigenvalue weighted by Gasteiger charge is -2.58. The van der Waals surface area contributed by atoms with E-state index in [2.05, 4.69) is 46.0 Å². The average Bonchev–Trinajstić information content (AvgIpc) is 3.38. The van der Waals surface area contributed by atoms with Crippen LogP contribution in [-0.2, 0) is 14.2 Å². The van der Waals surface area contributed by atoms with E-state index in [0.717, 1.165) is 54.8 Å². The second-order valence-electron chi connectivity index (χ2n) is 16.4. The first kappa shape index (κ1) is 36.1. The highest BCUT2D eigenvalue weighted by Gasteiger charge is 2.59. The van der Waals surface area contributed by atoms with Crippen LogP contribution in [0, 0.1) is 46.3 Å². The highest BCUT2D eigenvalue weighted by Crippen LogP contribution is 2.67. The van der Waals surface area contributed by atoms with Crippen molar-refractivity contribution in [2.24, 2.45) is 46.3 Å². The Morgan fingerprint density at radius 1 is 1.00 bits per heavy atom. The van der Waals surface area contributed by atoms with Crippen LogP contribution in [-0.4, -0.2) is 83.1 Å². The lowest BCUT2D eigenvalue weighted by atomic mass is 9.47. The minimum atomic E-state index is -1.47. The average molecular weight is 650 g/mol. The van der Waals surface area contributed by atoms with E-state index < -0.39 is 43.4 Å². The molecule has 4 fully saturated rings. The van der Waals surface area contributed by atoms with Crippen molar-refractivity contribution < 1.29 is 39.4 Å². The predicted octanol–water partition coefficient (Wildman–Crippen LogP) is 5.33. The molecular weight excluding hydrogens is 586 g/mol. The summed E-state index contributed by atoms with van der Waals surface area (Å²) in [4.78, 5) is 12.7. The lowest BCUT2D eigenvalue weighted by molar-refractivity contribution is -0.301. The molecule has 46 heavy (non-hydrogen) atoms. The minimum Gasteiger partial charge on any atom is -0.446 e. The van der Waals surface area contributed by atoms with Crippen LogP contribution in [0.5, 0.6) is 0 Å². The number of hydrogen-bond donors (Lipinski definition) is 5. The van der Waals surface area contributed by atoms with E-state index in [-0.39, 0.29) is 18.1 Å². The standard InChI is InChI=1S/C37H63NO8/c1-22(2)8-6-9-23(3)27-12-13-28-26-11-10-24-20-25(14-16-36(24,4)29(26)15-17-37(27,28)5)45-35(43)38-18-7-19-44-34-33(42)32(41)31(40)30(21-39)46-34/h10,22-23,25-34,39-42H,6-9,11-21H2,1-5H3,(H,38,43)/t23-,25+,26+,27-,28+,29+,30-,31-,32+,33+,34-,36+,37-/m1/s1. The molecule has 4 aliphatic carbocycles. The van der Waals surface area contributed by atoms with E-state index in [9.17, 15) is 25.2 Å². The number of fused-ring (bicyclic) bond motifs is 5. The number of carbonyl (C=O) groups is 1. The molecule has 13 atom stereocenters. The normalized spacial score (nSPS) is 42.9. The van der Waals surface area contributed by atoms with E-state index >= 15 is 0 Å². The molecule has 1 heterocycles. The number of aliphatic hydroxyl groups is 4. The zero-order valence-corrected chi connectivity index (χ0v) is 29.0. The zero-order chi connectivity index (χ0) is 33.2. The summed E-state index contributed by atoms with van der Waals surface area (Å²) in [5.41, 5.74) is 2.20. The van der Waals surface area contributed by atoms with Gasteiger partial charge in [0.2, 0.25) is 0 Å². The Morgan fingerprint density at radius 2 is 1.78 bits per heavy atom. The van der Waals surface area contributed by atoms with Gasteiger partial charge in [-0.15, -0.1) is 0 Å². The van der Waals surface area contributed by atoms with Gasteiger partial charge in [0.05, 0.1) is 13.2 Å². The molecule has 5 rings (SSSR count). The number of hydrogen-bond acceptors (Lipinski definition) is 8. The molecule has 5 aliphatic rings. The zero-order valence-electron chi connectivity index (χ0n) is 29.0. The van der Waals surface area contributed by atoms with Crippen molar-refractivity contribution in [3.8, 4) is 0 Å². The maximum atomic E-state index is 12.7. The van der Waals surface area contributed by atoms with Crippen molar-refractivity contribution in [1.29, 1.82) is 0 Å². The number of rotatable bonds is 12. The summed E-state index contributed by atoms with van der Waals surface area (Å²) < 4.78 is 16.7. The lowest BCUT2D eigenvalue weighted by Crippen LogP contribution is -2.59. The third kappa shape index (κ3) is 7.35. The van der Waals surface area contributed by atoms with E-state index in [4.69, 9.17) is 14.2 Å². The Kier molecular flexibility index (Phi) is 11.9. The Balaban J connectivity index is 1.07. The first-order valence-corrected chi connectivity index (χ1v) is 18.4. The summed E-state index contributed by atoms with van der Waals surface area (Å²) in [5, 5.41) is 42.0. The molecule has 1 saturated heterocycles. The van der Waals surface area contributed by atoms with Gasteiger partial charge in [-0.2, -0.15) is 0 Å². The van der Waals surface area contributed by atoms with Gasteiger partial charge in [-0.05, 0) is 97.7 Å². The van der Waals surface area contributed by atoms with E-state index in [1.165, 1.54) is 56.9 Å². The van der Waals surface area contributed by atoms with Crippen molar-refractivity contribution in [3.63, 3.8) is 0 Å². The molecule has 5 N–H and O–H groups in total. The Labute approximate surface area is 276 Å². The predicted molar refractivity (Wildman–Crippen MR) is 176 cm³/mol. The first-order chi connectivity index (χ1) is 21.9. The van der Waals surface area contributed by atoms with Crippen LogP contribution < -0.4 is 5.32 Å². The molecule has 0 aromatic carbocycles. The number of alkyl carbamates (subject to hydrolysis) is 1. The summed E-state index contributed by atoms with van der Waals surface area (Å²) in [6.45, 7) is 12.4. The summed E-state index contributed by atoms with van der Waals surface area (Å²) >= 11 is 0. The fourth-order valence-corrected chi connectivity index (χ4v) is 10.6. The van der Waals surface area contributed by atoms with Gasteiger partial charge in [0.15, 0.2) is 6.29 Å². The van der Waals surface area contributed by atoms with E-state index in [1.807, 2.05) is 0 Å². The third-order valence-electron chi connectivity index (χ3n) is 13.3. The highest BCUT2D eigenvalue weighted by molar-refractivity contribution is 5.67. The number of ether oxygens (including phenoxy) is 3. The molecule has 3 saturated carbocycles.